The van der Waals surface area contributed by atoms with Crippen LogP contribution in [0.5, 0.6) is 0 Å². The van der Waals surface area contributed by atoms with Crippen LogP contribution in [-0.2, 0) is 31.1 Å². The average Bonchev–Trinajstić information content (AvgIpc) is 3.50. The topological polar surface area (TPSA) is 101 Å². The largest absolute Gasteiger partial charge is 0.356 e. The molecule has 0 unspecified atom stereocenters. The van der Waals surface area contributed by atoms with Gasteiger partial charge in [0.1, 0.15) is 0 Å². The van der Waals surface area contributed by atoms with E-state index in [0.717, 1.165) is 31.2 Å². The molecule has 28 heavy (non-hydrogen) atoms. The van der Waals surface area contributed by atoms with Gasteiger partial charge in [-0.05, 0) is 55.7 Å². The monoisotopic (exact) mass is 428 g/mol. The smallest absolute Gasteiger partial charge is 0.220 e. The van der Waals surface area contributed by atoms with Crippen LogP contribution in [0.2, 0.25) is 0 Å². The summed E-state index contributed by atoms with van der Waals surface area (Å²) in [7, 11) is -6.29. The number of nitrogens with one attached hydrogen (secondary N) is 1. The van der Waals surface area contributed by atoms with E-state index in [1.54, 1.807) is 28.6 Å². The maximum atomic E-state index is 12.2. The van der Waals surface area contributed by atoms with Gasteiger partial charge < -0.3 is 5.32 Å². The minimum atomic E-state index is -3.21. The Kier molecular flexibility index (Phi) is 6.46. The van der Waals surface area contributed by atoms with Crippen LogP contribution in [-0.4, -0.2) is 58.2 Å². The van der Waals surface area contributed by atoms with Crippen molar-refractivity contribution in [3.63, 3.8) is 0 Å². The van der Waals surface area contributed by atoms with Gasteiger partial charge >= 0.3 is 0 Å². The average molecular weight is 429 g/mol. The van der Waals surface area contributed by atoms with Gasteiger partial charge in [-0.25, -0.2) is 21.1 Å². The fraction of sp³-hybridized carbons (Fsp3) is 0.632. The van der Waals surface area contributed by atoms with Gasteiger partial charge in [0, 0.05) is 32.3 Å². The van der Waals surface area contributed by atoms with Crippen molar-refractivity contribution in [2.24, 2.45) is 5.92 Å². The van der Waals surface area contributed by atoms with Crippen molar-refractivity contribution in [3.05, 3.63) is 29.8 Å². The van der Waals surface area contributed by atoms with E-state index in [-0.39, 0.29) is 16.1 Å². The van der Waals surface area contributed by atoms with Crippen LogP contribution < -0.4 is 5.32 Å². The number of rotatable bonds is 8. The van der Waals surface area contributed by atoms with Crippen molar-refractivity contribution in [2.45, 2.75) is 48.7 Å². The summed E-state index contributed by atoms with van der Waals surface area (Å²) in [4.78, 5) is 12.4. The molecule has 1 aliphatic heterocycles. The van der Waals surface area contributed by atoms with Crippen LogP contribution in [0.4, 0.5) is 0 Å². The predicted molar refractivity (Wildman–Crippen MR) is 107 cm³/mol. The lowest BCUT2D eigenvalue weighted by molar-refractivity contribution is -0.121. The molecule has 0 atom stereocenters. The summed E-state index contributed by atoms with van der Waals surface area (Å²) >= 11 is 0. The lowest BCUT2D eigenvalue weighted by atomic mass is 9.98. The van der Waals surface area contributed by atoms with E-state index in [9.17, 15) is 21.6 Å². The number of nitrogens with zero attached hydrogens (tertiary/aromatic N) is 1. The molecule has 1 aromatic carbocycles. The first kappa shape index (κ1) is 21.3. The Balaban J connectivity index is 1.37. The maximum absolute atomic E-state index is 12.2. The molecular weight excluding hydrogens is 400 g/mol. The van der Waals surface area contributed by atoms with E-state index in [2.05, 4.69) is 5.32 Å². The SMILES string of the molecule is CS(=O)(=O)c1ccc(CCC(=O)NCC2CCN(S(=O)(=O)C3CC3)CC2)cc1. The van der Waals surface area contributed by atoms with Crippen LogP contribution >= 0.6 is 0 Å². The highest BCUT2D eigenvalue weighted by Crippen LogP contribution is 2.33. The van der Waals surface area contributed by atoms with Crippen LogP contribution in [0, 0.1) is 5.92 Å². The molecule has 3 rings (SSSR count). The summed E-state index contributed by atoms with van der Waals surface area (Å²) < 4.78 is 49.0. The molecule has 1 heterocycles. The lowest BCUT2D eigenvalue weighted by Crippen LogP contribution is -2.42. The molecule has 0 radical (unpaired) electrons. The first-order valence-corrected chi connectivity index (χ1v) is 13.1. The lowest BCUT2D eigenvalue weighted by Gasteiger charge is -2.31. The van der Waals surface area contributed by atoms with Gasteiger partial charge in [0.15, 0.2) is 9.84 Å². The number of carbonyl (C=O) groups is 1. The van der Waals surface area contributed by atoms with E-state index >= 15 is 0 Å². The molecule has 0 bridgehead atoms. The Morgan fingerprint density at radius 3 is 2.18 bits per heavy atom. The van der Waals surface area contributed by atoms with Crippen LogP contribution in [0.15, 0.2) is 29.2 Å². The molecular formula is C19H28N2O5S2. The molecule has 7 nitrogen and oxygen atoms in total. The predicted octanol–water partition coefficient (Wildman–Crippen LogP) is 1.34. The summed E-state index contributed by atoms with van der Waals surface area (Å²) in [6.45, 7) is 1.67. The first-order chi connectivity index (χ1) is 13.2. The number of hydrogen-bond acceptors (Lipinski definition) is 5. The quantitative estimate of drug-likeness (QED) is 0.673. The molecule has 0 spiro atoms. The van der Waals surface area contributed by atoms with Crippen molar-refractivity contribution in [2.75, 3.05) is 25.9 Å². The molecule has 1 amide bonds. The van der Waals surface area contributed by atoms with Gasteiger partial charge in [-0.1, -0.05) is 12.1 Å². The molecule has 2 fully saturated rings. The van der Waals surface area contributed by atoms with Crippen molar-refractivity contribution < 1.29 is 21.6 Å². The highest BCUT2D eigenvalue weighted by Gasteiger charge is 2.41. The van der Waals surface area contributed by atoms with E-state index in [4.69, 9.17) is 0 Å². The van der Waals surface area contributed by atoms with Crippen molar-refractivity contribution in [3.8, 4) is 0 Å². The minimum Gasteiger partial charge on any atom is -0.356 e. The Bertz CT molecular complexity index is 898. The zero-order valence-corrected chi connectivity index (χ0v) is 17.8. The fourth-order valence-electron chi connectivity index (χ4n) is 3.45. The van der Waals surface area contributed by atoms with Crippen LogP contribution in [0.1, 0.15) is 37.7 Å². The van der Waals surface area contributed by atoms with Gasteiger partial charge in [0.2, 0.25) is 15.9 Å². The second-order valence-corrected chi connectivity index (χ2v) is 12.0. The van der Waals surface area contributed by atoms with Gasteiger partial charge in [0.05, 0.1) is 10.1 Å². The summed E-state index contributed by atoms with van der Waals surface area (Å²) in [5, 5.41) is 2.79. The van der Waals surface area contributed by atoms with E-state index in [1.165, 1.54) is 6.26 Å². The zero-order valence-electron chi connectivity index (χ0n) is 16.1. The van der Waals surface area contributed by atoms with E-state index < -0.39 is 19.9 Å². The third-order valence-corrected chi connectivity index (χ3v) is 8.99. The number of sulfone groups is 1. The molecule has 2 aliphatic rings. The van der Waals surface area contributed by atoms with Gasteiger partial charge in [0.25, 0.3) is 0 Å². The number of amides is 1. The standard InChI is InChI=1S/C19H28N2O5S2/c1-27(23,24)17-5-2-15(3-6-17)4-9-19(22)20-14-16-10-12-21(13-11-16)28(25,26)18-7-8-18/h2-3,5-6,16,18H,4,7-14H2,1H3,(H,20,22). The zero-order chi connectivity index (χ0) is 20.4. The van der Waals surface area contributed by atoms with Crippen molar-refractivity contribution in [1.29, 1.82) is 0 Å². The molecule has 1 aliphatic carbocycles. The maximum Gasteiger partial charge on any atom is 0.220 e. The number of sulfonamides is 1. The second-order valence-electron chi connectivity index (χ2n) is 7.81. The summed E-state index contributed by atoms with van der Waals surface area (Å²) in [6.07, 6.45) is 5.19. The van der Waals surface area contributed by atoms with Gasteiger partial charge in [-0.15, -0.1) is 0 Å². The highest BCUT2D eigenvalue weighted by atomic mass is 32.2. The van der Waals surface area contributed by atoms with E-state index in [0.29, 0.717) is 38.4 Å². The fourth-order valence-corrected chi connectivity index (χ4v) is 5.96. The normalized spacial score (nSPS) is 19.5. The Morgan fingerprint density at radius 2 is 1.64 bits per heavy atom. The summed E-state index contributed by atoms with van der Waals surface area (Å²) in [6, 6.07) is 6.59. The van der Waals surface area contributed by atoms with Crippen LogP contribution in [0.25, 0.3) is 0 Å². The summed E-state index contributed by atoms with van der Waals surface area (Å²) in [5.41, 5.74) is 0.918. The van der Waals surface area contributed by atoms with Crippen molar-refractivity contribution in [1.82, 2.24) is 9.62 Å². The molecule has 1 aromatic rings. The Labute approximate surface area is 167 Å². The molecule has 9 heteroatoms. The van der Waals surface area contributed by atoms with Crippen LogP contribution in [0.3, 0.4) is 0 Å². The number of piperidine rings is 1. The van der Waals surface area contributed by atoms with E-state index in [1.807, 2.05) is 0 Å². The molecule has 1 saturated carbocycles. The minimum absolute atomic E-state index is 0.0415. The van der Waals surface area contributed by atoms with Gasteiger partial charge in [-0.3, -0.25) is 4.79 Å². The van der Waals surface area contributed by atoms with Crippen molar-refractivity contribution >= 4 is 25.8 Å². The third-order valence-electron chi connectivity index (χ3n) is 5.46. The Morgan fingerprint density at radius 1 is 1.04 bits per heavy atom. The second kappa shape index (κ2) is 8.51. The number of hydrogen-bond donors (Lipinski definition) is 1. The summed E-state index contributed by atoms with van der Waals surface area (Å²) in [5.74, 6) is 0.267. The number of benzene rings is 1. The molecule has 1 N–H and O–H groups in total. The molecule has 156 valence electrons. The Hall–Kier alpha value is -1.45. The number of carbonyl (C=O) groups excluding carboxylic acids is 1. The number of aryl methyl sites for hydroxylation is 1. The third kappa shape index (κ3) is 5.55. The van der Waals surface area contributed by atoms with Gasteiger partial charge in [-0.2, -0.15) is 0 Å². The first-order valence-electron chi connectivity index (χ1n) is 9.71. The molecule has 1 saturated heterocycles. The molecule has 0 aromatic heterocycles. The highest BCUT2D eigenvalue weighted by molar-refractivity contribution is 7.90.